The summed E-state index contributed by atoms with van der Waals surface area (Å²) in [7, 11) is 1.83. The SMILES string of the molecule is C=CCc1cnc(OCc2ccccc2)cc1Oc1cc(Cl)cc(NC)c1. The number of hydrogen-bond donors (Lipinski definition) is 1. The van der Waals surface area contributed by atoms with Crippen molar-refractivity contribution in [2.45, 2.75) is 13.0 Å². The second-order valence-corrected chi connectivity index (χ2v) is 6.36. The number of hydrogen-bond acceptors (Lipinski definition) is 4. The molecule has 1 aromatic heterocycles. The summed E-state index contributed by atoms with van der Waals surface area (Å²) < 4.78 is 11.9. The van der Waals surface area contributed by atoms with Crippen LogP contribution in [0.2, 0.25) is 5.02 Å². The van der Waals surface area contributed by atoms with Crippen molar-refractivity contribution < 1.29 is 9.47 Å². The predicted octanol–water partition coefficient (Wildman–Crippen LogP) is 5.88. The first kappa shape index (κ1) is 18.8. The van der Waals surface area contributed by atoms with Crippen LogP contribution in [0.25, 0.3) is 0 Å². The molecule has 0 aliphatic rings. The van der Waals surface area contributed by atoms with Gasteiger partial charge in [-0.1, -0.05) is 48.0 Å². The number of aromatic nitrogens is 1. The van der Waals surface area contributed by atoms with Gasteiger partial charge < -0.3 is 14.8 Å². The predicted molar refractivity (Wildman–Crippen MR) is 110 cm³/mol. The quantitative estimate of drug-likeness (QED) is 0.496. The summed E-state index contributed by atoms with van der Waals surface area (Å²) in [5.41, 5.74) is 2.87. The van der Waals surface area contributed by atoms with Gasteiger partial charge in [0.1, 0.15) is 18.1 Å². The molecule has 0 atom stereocenters. The van der Waals surface area contributed by atoms with E-state index in [-0.39, 0.29) is 0 Å². The normalized spacial score (nSPS) is 10.3. The van der Waals surface area contributed by atoms with Gasteiger partial charge >= 0.3 is 0 Å². The van der Waals surface area contributed by atoms with E-state index >= 15 is 0 Å². The number of anilines is 1. The molecule has 0 bridgehead atoms. The summed E-state index contributed by atoms with van der Waals surface area (Å²) in [6, 6.07) is 17.2. The van der Waals surface area contributed by atoms with Gasteiger partial charge in [-0.15, -0.1) is 6.58 Å². The van der Waals surface area contributed by atoms with E-state index in [1.165, 1.54) is 0 Å². The molecule has 3 rings (SSSR count). The third-order valence-electron chi connectivity index (χ3n) is 3.90. The maximum absolute atomic E-state index is 6.17. The molecule has 0 amide bonds. The Morgan fingerprint density at radius 1 is 1.15 bits per heavy atom. The van der Waals surface area contributed by atoms with Crippen molar-refractivity contribution in [1.29, 1.82) is 0 Å². The molecule has 4 nitrogen and oxygen atoms in total. The third-order valence-corrected chi connectivity index (χ3v) is 4.12. The van der Waals surface area contributed by atoms with Gasteiger partial charge in [0, 0.05) is 41.7 Å². The second-order valence-electron chi connectivity index (χ2n) is 5.93. The van der Waals surface area contributed by atoms with E-state index in [4.69, 9.17) is 21.1 Å². The molecule has 5 heteroatoms. The summed E-state index contributed by atoms with van der Waals surface area (Å²) in [6.45, 7) is 4.24. The lowest BCUT2D eigenvalue weighted by atomic mass is 10.2. The first-order valence-electron chi connectivity index (χ1n) is 8.60. The molecule has 3 aromatic rings. The number of benzene rings is 2. The lowest BCUT2D eigenvalue weighted by Gasteiger charge is -2.13. The van der Waals surface area contributed by atoms with E-state index in [0.717, 1.165) is 16.8 Å². The van der Waals surface area contributed by atoms with Crippen LogP contribution >= 0.6 is 11.6 Å². The third kappa shape index (κ3) is 5.25. The molecule has 27 heavy (non-hydrogen) atoms. The minimum atomic E-state index is 0.440. The van der Waals surface area contributed by atoms with Gasteiger partial charge in [0.2, 0.25) is 5.88 Å². The highest BCUT2D eigenvalue weighted by Crippen LogP contribution is 2.32. The summed E-state index contributed by atoms with van der Waals surface area (Å²) in [5.74, 6) is 1.80. The molecule has 0 unspecified atom stereocenters. The Labute approximate surface area is 164 Å². The van der Waals surface area contributed by atoms with E-state index < -0.39 is 0 Å². The van der Waals surface area contributed by atoms with Crippen LogP contribution < -0.4 is 14.8 Å². The molecule has 0 aliphatic heterocycles. The van der Waals surface area contributed by atoms with Crippen LogP contribution in [0, 0.1) is 0 Å². The zero-order valence-corrected chi connectivity index (χ0v) is 15.9. The Hall–Kier alpha value is -2.98. The summed E-state index contributed by atoms with van der Waals surface area (Å²) >= 11 is 6.17. The smallest absolute Gasteiger partial charge is 0.217 e. The van der Waals surface area contributed by atoms with Gasteiger partial charge in [0.25, 0.3) is 0 Å². The second kappa shape index (κ2) is 9.10. The molecule has 0 spiro atoms. The average Bonchev–Trinajstić information content (AvgIpc) is 2.68. The molecule has 0 aliphatic carbocycles. The molecule has 0 fully saturated rings. The Bertz CT molecular complexity index is 913. The minimum Gasteiger partial charge on any atom is -0.473 e. The van der Waals surface area contributed by atoms with Crippen molar-refractivity contribution in [1.82, 2.24) is 4.98 Å². The first-order valence-corrected chi connectivity index (χ1v) is 8.98. The zero-order valence-electron chi connectivity index (χ0n) is 15.1. The highest BCUT2D eigenvalue weighted by Gasteiger charge is 2.10. The molecular formula is C22H21ClN2O2. The van der Waals surface area contributed by atoms with Gasteiger partial charge in [-0.2, -0.15) is 0 Å². The molecule has 138 valence electrons. The maximum Gasteiger partial charge on any atom is 0.217 e. The molecule has 1 N–H and O–H groups in total. The number of halogens is 1. The Kier molecular flexibility index (Phi) is 6.34. The number of nitrogens with zero attached hydrogens (tertiary/aromatic N) is 1. The number of ether oxygens (including phenoxy) is 2. The van der Waals surface area contributed by atoms with Gasteiger partial charge in [0.15, 0.2) is 0 Å². The van der Waals surface area contributed by atoms with Crippen LogP contribution in [0.3, 0.4) is 0 Å². The van der Waals surface area contributed by atoms with Crippen molar-refractivity contribution in [3.8, 4) is 17.4 Å². The highest BCUT2D eigenvalue weighted by molar-refractivity contribution is 6.31. The first-order chi connectivity index (χ1) is 13.2. The van der Waals surface area contributed by atoms with Gasteiger partial charge in [-0.3, -0.25) is 0 Å². The summed E-state index contributed by atoms with van der Waals surface area (Å²) in [6.07, 6.45) is 4.20. The standard InChI is InChI=1S/C22H21ClN2O2/c1-3-7-17-14-25-22(26-15-16-8-5-4-6-9-16)13-21(17)27-20-11-18(23)10-19(12-20)24-2/h3-6,8-14,24H,1,7,15H2,2H3. The number of allylic oxidation sites excluding steroid dienone is 1. The molecule has 0 radical (unpaired) electrons. The van der Waals surface area contributed by atoms with Crippen LogP contribution in [-0.2, 0) is 13.0 Å². The van der Waals surface area contributed by atoms with Crippen molar-refractivity contribution in [2.75, 3.05) is 12.4 Å². The van der Waals surface area contributed by atoms with Crippen LogP contribution in [0.15, 0.2) is 73.4 Å². The monoisotopic (exact) mass is 380 g/mol. The van der Waals surface area contributed by atoms with Crippen LogP contribution in [0.4, 0.5) is 5.69 Å². The lowest BCUT2D eigenvalue weighted by molar-refractivity contribution is 0.292. The van der Waals surface area contributed by atoms with E-state index in [2.05, 4.69) is 16.9 Å². The van der Waals surface area contributed by atoms with Crippen molar-refractivity contribution in [3.05, 3.63) is 89.6 Å². The Morgan fingerprint density at radius 2 is 1.96 bits per heavy atom. The number of rotatable bonds is 8. The lowest BCUT2D eigenvalue weighted by Crippen LogP contribution is -1.99. The molecular weight excluding hydrogens is 360 g/mol. The highest BCUT2D eigenvalue weighted by atomic mass is 35.5. The van der Waals surface area contributed by atoms with Gasteiger partial charge in [-0.05, 0) is 24.1 Å². The largest absolute Gasteiger partial charge is 0.473 e. The number of pyridine rings is 1. The zero-order chi connectivity index (χ0) is 19.1. The van der Waals surface area contributed by atoms with Crippen molar-refractivity contribution in [3.63, 3.8) is 0 Å². The van der Waals surface area contributed by atoms with Gasteiger partial charge in [0.05, 0.1) is 0 Å². The maximum atomic E-state index is 6.17. The minimum absolute atomic E-state index is 0.440. The average molecular weight is 381 g/mol. The van der Waals surface area contributed by atoms with Crippen LogP contribution in [-0.4, -0.2) is 12.0 Å². The van der Waals surface area contributed by atoms with Crippen molar-refractivity contribution in [2.24, 2.45) is 0 Å². The van der Waals surface area contributed by atoms with Crippen LogP contribution in [0.1, 0.15) is 11.1 Å². The van der Waals surface area contributed by atoms with Crippen molar-refractivity contribution >= 4 is 17.3 Å². The van der Waals surface area contributed by atoms with E-state index in [0.29, 0.717) is 35.4 Å². The molecule has 1 heterocycles. The topological polar surface area (TPSA) is 43.4 Å². The molecule has 2 aromatic carbocycles. The van der Waals surface area contributed by atoms with E-state index in [1.807, 2.05) is 55.6 Å². The molecule has 0 saturated heterocycles. The van der Waals surface area contributed by atoms with Gasteiger partial charge in [-0.25, -0.2) is 4.98 Å². The van der Waals surface area contributed by atoms with E-state index in [1.54, 1.807) is 18.3 Å². The Balaban J connectivity index is 1.83. The Morgan fingerprint density at radius 3 is 2.70 bits per heavy atom. The number of nitrogens with one attached hydrogen (secondary N) is 1. The van der Waals surface area contributed by atoms with Crippen LogP contribution in [0.5, 0.6) is 17.4 Å². The fraction of sp³-hybridized carbons (Fsp3) is 0.136. The molecule has 0 saturated carbocycles. The fourth-order valence-electron chi connectivity index (χ4n) is 2.55. The fourth-order valence-corrected chi connectivity index (χ4v) is 2.78. The summed E-state index contributed by atoms with van der Waals surface area (Å²) in [4.78, 5) is 4.38. The summed E-state index contributed by atoms with van der Waals surface area (Å²) in [5, 5.41) is 3.66. The van der Waals surface area contributed by atoms with E-state index in [9.17, 15) is 0 Å².